The topological polar surface area (TPSA) is 79.1 Å². The van der Waals surface area contributed by atoms with Crippen LogP contribution in [0, 0.1) is 0 Å². The van der Waals surface area contributed by atoms with Crippen molar-refractivity contribution < 1.29 is 9.90 Å². The lowest BCUT2D eigenvalue weighted by Crippen LogP contribution is -2.21. The molecule has 0 bridgehead atoms. The summed E-state index contributed by atoms with van der Waals surface area (Å²) in [7, 11) is 0. The molecule has 0 spiro atoms. The van der Waals surface area contributed by atoms with Gasteiger partial charge in [0.2, 0.25) is 0 Å². The molecule has 0 radical (unpaired) electrons. The van der Waals surface area contributed by atoms with E-state index in [9.17, 15) is 4.79 Å². The van der Waals surface area contributed by atoms with Crippen molar-refractivity contribution >= 4 is 16.9 Å². The number of benzene rings is 1. The van der Waals surface area contributed by atoms with Crippen molar-refractivity contribution in [3.8, 4) is 0 Å². The van der Waals surface area contributed by atoms with Crippen LogP contribution in [0.4, 0.5) is 0 Å². The van der Waals surface area contributed by atoms with Crippen molar-refractivity contribution in [3.05, 3.63) is 36.0 Å². The molecule has 4 nitrogen and oxygen atoms in total. The molecule has 96 valence electrons. The number of carboxylic acids is 1. The van der Waals surface area contributed by atoms with Gasteiger partial charge in [-0.05, 0) is 30.9 Å². The molecule has 0 amide bonds. The van der Waals surface area contributed by atoms with Gasteiger partial charge in [-0.25, -0.2) is 0 Å². The first-order valence-electron chi connectivity index (χ1n) is 6.19. The highest BCUT2D eigenvalue weighted by Crippen LogP contribution is 2.19. The molecule has 0 saturated carbocycles. The smallest absolute Gasteiger partial charge is 0.303 e. The Morgan fingerprint density at radius 1 is 1.33 bits per heavy atom. The van der Waals surface area contributed by atoms with Crippen LogP contribution < -0.4 is 5.73 Å². The summed E-state index contributed by atoms with van der Waals surface area (Å²) in [6.45, 7) is 0. The molecule has 0 aliphatic carbocycles. The van der Waals surface area contributed by atoms with E-state index in [1.165, 1.54) is 10.9 Å². The molecular weight excluding hydrogens is 228 g/mol. The maximum Gasteiger partial charge on any atom is 0.303 e. The quantitative estimate of drug-likeness (QED) is 0.731. The van der Waals surface area contributed by atoms with Gasteiger partial charge < -0.3 is 15.8 Å². The van der Waals surface area contributed by atoms with Gasteiger partial charge in [-0.15, -0.1) is 0 Å². The van der Waals surface area contributed by atoms with E-state index in [1.807, 2.05) is 24.4 Å². The van der Waals surface area contributed by atoms with Gasteiger partial charge in [-0.1, -0.05) is 18.2 Å². The Kier molecular flexibility index (Phi) is 3.99. The third kappa shape index (κ3) is 3.11. The average molecular weight is 246 g/mol. The number of nitrogens with two attached hydrogens (primary N) is 1. The molecule has 4 N–H and O–H groups in total. The van der Waals surface area contributed by atoms with Crippen molar-refractivity contribution in [3.63, 3.8) is 0 Å². The predicted octanol–water partition coefficient (Wildman–Crippen LogP) is 2.29. The molecule has 0 unspecified atom stereocenters. The number of carboxylic acid groups (broad SMARTS) is 1. The Hall–Kier alpha value is -1.81. The largest absolute Gasteiger partial charge is 0.481 e. The van der Waals surface area contributed by atoms with Gasteiger partial charge in [0.05, 0.1) is 0 Å². The van der Waals surface area contributed by atoms with E-state index >= 15 is 0 Å². The van der Waals surface area contributed by atoms with Crippen LogP contribution in [0.1, 0.15) is 24.8 Å². The number of carbonyl (C=O) groups is 1. The van der Waals surface area contributed by atoms with Gasteiger partial charge in [0, 0.05) is 29.6 Å². The van der Waals surface area contributed by atoms with Crippen LogP contribution in [-0.2, 0) is 11.2 Å². The molecule has 1 aromatic carbocycles. The Morgan fingerprint density at radius 2 is 2.11 bits per heavy atom. The zero-order valence-corrected chi connectivity index (χ0v) is 10.2. The SMILES string of the molecule is N[C@H](CCC(=O)O)CCc1c[nH]c2ccccc12. The fraction of sp³-hybridized carbons (Fsp3) is 0.357. The van der Waals surface area contributed by atoms with Gasteiger partial charge >= 0.3 is 5.97 Å². The molecule has 1 atom stereocenters. The summed E-state index contributed by atoms with van der Waals surface area (Å²) >= 11 is 0. The molecule has 0 aliphatic heterocycles. The fourth-order valence-electron chi connectivity index (χ4n) is 2.13. The monoisotopic (exact) mass is 246 g/mol. The first-order valence-corrected chi connectivity index (χ1v) is 6.19. The summed E-state index contributed by atoms with van der Waals surface area (Å²) in [4.78, 5) is 13.7. The average Bonchev–Trinajstić information content (AvgIpc) is 2.77. The van der Waals surface area contributed by atoms with Crippen molar-refractivity contribution in [2.45, 2.75) is 31.7 Å². The highest BCUT2D eigenvalue weighted by atomic mass is 16.4. The molecule has 4 heteroatoms. The van der Waals surface area contributed by atoms with Crippen molar-refractivity contribution in [1.82, 2.24) is 4.98 Å². The van der Waals surface area contributed by atoms with E-state index < -0.39 is 5.97 Å². The number of hydrogen-bond donors (Lipinski definition) is 3. The molecule has 2 aromatic rings. The Bertz CT molecular complexity index is 533. The van der Waals surface area contributed by atoms with Gasteiger partial charge in [-0.3, -0.25) is 4.79 Å². The number of H-pyrrole nitrogens is 1. The molecular formula is C14H18N2O2. The van der Waals surface area contributed by atoms with Crippen LogP contribution in [0.3, 0.4) is 0 Å². The number of fused-ring (bicyclic) bond motifs is 1. The highest BCUT2D eigenvalue weighted by Gasteiger charge is 2.08. The van der Waals surface area contributed by atoms with Crippen LogP contribution in [0.5, 0.6) is 0 Å². The minimum Gasteiger partial charge on any atom is -0.481 e. The summed E-state index contributed by atoms with van der Waals surface area (Å²) in [5, 5.41) is 9.82. The van der Waals surface area contributed by atoms with Gasteiger partial charge in [0.25, 0.3) is 0 Å². The third-order valence-corrected chi connectivity index (χ3v) is 3.19. The van der Waals surface area contributed by atoms with Crippen LogP contribution in [0.15, 0.2) is 30.5 Å². The van der Waals surface area contributed by atoms with E-state index in [-0.39, 0.29) is 12.5 Å². The summed E-state index contributed by atoms with van der Waals surface area (Å²) in [6, 6.07) is 8.10. The maximum atomic E-state index is 10.5. The zero-order chi connectivity index (χ0) is 13.0. The molecule has 1 aromatic heterocycles. The van der Waals surface area contributed by atoms with Crippen molar-refractivity contribution in [2.75, 3.05) is 0 Å². The van der Waals surface area contributed by atoms with E-state index in [4.69, 9.17) is 10.8 Å². The third-order valence-electron chi connectivity index (χ3n) is 3.19. The van der Waals surface area contributed by atoms with Crippen LogP contribution in [0.2, 0.25) is 0 Å². The van der Waals surface area contributed by atoms with Crippen molar-refractivity contribution in [2.24, 2.45) is 5.73 Å². The van der Waals surface area contributed by atoms with Crippen LogP contribution >= 0.6 is 0 Å². The fourth-order valence-corrected chi connectivity index (χ4v) is 2.13. The minimum absolute atomic E-state index is 0.0465. The van der Waals surface area contributed by atoms with Gasteiger partial charge in [-0.2, -0.15) is 0 Å². The lowest BCUT2D eigenvalue weighted by molar-refractivity contribution is -0.137. The first kappa shape index (κ1) is 12.6. The number of para-hydroxylation sites is 1. The molecule has 1 heterocycles. The Balaban J connectivity index is 1.92. The number of nitrogens with one attached hydrogen (secondary N) is 1. The Labute approximate surface area is 106 Å². The summed E-state index contributed by atoms with van der Waals surface area (Å²) in [6.07, 6.45) is 4.39. The van der Waals surface area contributed by atoms with E-state index in [1.54, 1.807) is 0 Å². The second kappa shape index (κ2) is 5.69. The predicted molar refractivity (Wildman–Crippen MR) is 71.5 cm³/mol. The van der Waals surface area contributed by atoms with Gasteiger partial charge in [0.15, 0.2) is 0 Å². The van der Waals surface area contributed by atoms with Gasteiger partial charge in [0.1, 0.15) is 0 Å². The normalized spacial score (nSPS) is 12.7. The minimum atomic E-state index is -0.780. The molecule has 18 heavy (non-hydrogen) atoms. The second-order valence-corrected chi connectivity index (χ2v) is 4.59. The first-order chi connectivity index (χ1) is 8.66. The number of hydrogen-bond acceptors (Lipinski definition) is 2. The molecule has 2 rings (SSSR count). The van der Waals surface area contributed by atoms with Crippen LogP contribution in [-0.4, -0.2) is 22.1 Å². The number of aryl methyl sites for hydroxylation is 1. The molecule has 0 saturated heterocycles. The second-order valence-electron chi connectivity index (χ2n) is 4.59. The lowest BCUT2D eigenvalue weighted by Gasteiger charge is -2.09. The zero-order valence-electron chi connectivity index (χ0n) is 10.2. The van der Waals surface area contributed by atoms with Crippen molar-refractivity contribution in [1.29, 1.82) is 0 Å². The molecule has 0 fully saturated rings. The number of aromatic amines is 1. The highest BCUT2D eigenvalue weighted by molar-refractivity contribution is 5.83. The van der Waals surface area contributed by atoms with E-state index in [0.717, 1.165) is 18.4 Å². The standard InChI is InChI=1S/C14H18N2O2/c15-11(7-8-14(17)18)6-5-10-9-16-13-4-2-1-3-12(10)13/h1-4,9,11,16H,5-8,15H2,(H,17,18)/t11-/m0/s1. The number of aromatic nitrogens is 1. The number of rotatable bonds is 6. The molecule has 0 aliphatic rings. The lowest BCUT2D eigenvalue weighted by atomic mass is 10.0. The summed E-state index contributed by atoms with van der Waals surface area (Å²) in [5.41, 5.74) is 8.29. The van der Waals surface area contributed by atoms with E-state index in [0.29, 0.717) is 6.42 Å². The van der Waals surface area contributed by atoms with Crippen LogP contribution in [0.25, 0.3) is 10.9 Å². The Morgan fingerprint density at radius 3 is 2.89 bits per heavy atom. The maximum absolute atomic E-state index is 10.5. The summed E-state index contributed by atoms with van der Waals surface area (Å²) in [5.74, 6) is -0.780. The number of aliphatic carboxylic acids is 1. The van der Waals surface area contributed by atoms with E-state index in [2.05, 4.69) is 11.1 Å². The summed E-state index contributed by atoms with van der Waals surface area (Å²) < 4.78 is 0.